The van der Waals surface area contributed by atoms with Gasteiger partial charge in [0.05, 0.1) is 12.2 Å². The van der Waals surface area contributed by atoms with Crippen molar-refractivity contribution in [1.82, 2.24) is 0 Å². The molecule has 22 heavy (non-hydrogen) atoms. The predicted molar refractivity (Wildman–Crippen MR) is 85.8 cm³/mol. The molecule has 0 aliphatic carbocycles. The summed E-state index contributed by atoms with van der Waals surface area (Å²) in [6.07, 6.45) is 0.521. The maximum absolute atomic E-state index is 12.0. The van der Waals surface area contributed by atoms with Crippen LogP contribution in [-0.4, -0.2) is 25.0 Å². The molecule has 2 unspecified atom stereocenters. The van der Waals surface area contributed by atoms with Crippen molar-refractivity contribution in [3.8, 4) is 0 Å². The summed E-state index contributed by atoms with van der Waals surface area (Å²) in [5, 5.41) is 0.653. The molecule has 1 rings (SSSR count). The van der Waals surface area contributed by atoms with Gasteiger partial charge in [0.2, 0.25) is 0 Å². The van der Waals surface area contributed by atoms with E-state index in [1.807, 2.05) is 12.1 Å². The van der Waals surface area contributed by atoms with E-state index in [2.05, 4.69) is 0 Å². The van der Waals surface area contributed by atoms with Crippen molar-refractivity contribution in [2.75, 3.05) is 7.11 Å². The van der Waals surface area contributed by atoms with Crippen LogP contribution < -0.4 is 0 Å². The lowest BCUT2D eigenvalue weighted by atomic mass is 9.95. The first kappa shape index (κ1) is 18.7. The van der Waals surface area contributed by atoms with Gasteiger partial charge >= 0.3 is 5.97 Å². The van der Waals surface area contributed by atoms with Crippen molar-refractivity contribution >= 4 is 23.4 Å². The van der Waals surface area contributed by atoms with Crippen molar-refractivity contribution in [3.63, 3.8) is 0 Å². The number of ether oxygens (including phenoxy) is 2. The number of carbonyl (C=O) groups is 2. The molecule has 0 spiro atoms. The van der Waals surface area contributed by atoms with Crippen LogP contribution in [0, 0.1) is 5.92 Å². The van der Waals surface area contributed by atoms with Crippen molar-refractivity contribution in [2.24, 2.45) is 5.92 Å². The molecule has 0 aliphatic heterocycles. The summed E-state index contributed by atoms with van der Waals surface area (Å²) in [4.78, 5) is 23.7. The van der Waals surface area contributed by atoms with Crippen LogP contribution >= 0.6 is 11.6 Å². The Bertz CT molecular complexity index is 496. The van der Waals surface area contributed by atoms with Gasteiger partial charge in [-0.1, -0.05) is 23.7 Å². The Balaban J connectivity index is 2.71. The Hall–Kier alpha value is -1.39. The van der Waals surface area contributed by atoms with Crippen molar-refractivity contribution in [3.05, 3.63) is 34.9 Å². The molecule has 0 aromatic heterocycles. The average Bonchev–Trinajstić information content (AvgIpc) is 2.43. The van der Waals surface area contributed by atoms with Gasteiger partial charge in [0.25, 0.3) is 0 Å². The number of esters is 1. The van der Waals surface area contributed by atoms with E-state index in [0.717, 1.165) is 5.56 Å². The number of hydrogen-bond acceptors (Lipinski definition) is 4. The van der Waals surface area contributed by atoms with Gasteiger partial charge in [-0.25, -0.2) is 0 Å². The van der Waals surface area contributed by atoms with E-state index in [1.165, 1.54) is 6.92 Å². The molecule has 1 aromatic rings. The maximum Gasteiger partial charge on any atom is 0.316 e. The minimum atomic E-state index is -0.743. The van der Waals surface area contributed by atoms with Crippen molar-refractivity contribution in [1.29, 1.82) is 0 Å². The Kier molecular flexibility index (Phi) is 7.56. The van der Waals surface area contributed by atoms with Gasteiger partial charge in [0.15, 0.2) is 0 Å². The number of halogens is 1. The van der Waals surface area contributed by atoms with E-state index < -0.39 is 11.9 Å². The summed E-state index contributed by atoms with van der Waals surface area (Å²) < 4.78 is 10.6. The standard InChI is InChI=1S/C17H23ClO4/c1-11(2)22-17(20)15(12(3)19)9-10-16(21-4)13-5-7-14(18)8-6-13/h5-8,11,15-16H,9-10H2,1-4H3. The zero-order valence-electron chi connectivity index (χ0n) is 13.5. The zero-order chi connectivity index (χ0) is 16.7. The molecule has 4 nitrogen and oxygen atoms in total. The number of methoxy groups -OCH3 is 1. The Labute approximate surface area is 136 Å². The Morgan fingerprint density at radius 3 is 2.18 bits per heavy atom. The molecule has 0 aliphatic rings. The first-order valence-electron chi connectivity index (χ1n) is 7.34. The van der Waals surface area contributed by atoms with E-state index in [4.69, 9.17) is 21.1 Å². The fraction of sp³-hybridized carbons (Fsp3) is 0.529. The molecule has 122 valence electrons. The third kappa shape index (κ3) is 5.78. The van der Waals surface area contributed by atoms with Gasteiger partial charge in [-0.2, -0.15) is 0 Å². The Morgan fingerprint density at radius 1 is 1.14 bits per heavy atom. The number of carbonyl (C=O) groups excluding carboxylic acids is 2. The van der Waals surface area contributed by atoms with E-state index in [9.17, 15) is 9.59 Å². The minimum absolute atomic E-state index is 0.184. The van der Waals surface area contributed by atoms with Crippen LogP contribution in [0.5, 0.6) is 0 Å². The lowest BCUT2D eigenvalue weighted by Gasteiger charge is -2.19. The first-order chi connectivity index (χ1) is 10.3. The molecule has 0 heterocycles. The highest BCUT2D eigenvalue weighted by atomic mass is 35.5. The van der Waals surface area contributed by atoms with E-state index in [1.54, 1.807) is 33.1 Å². The normalized spacial score (nSPS) is 13.7. The maximum atomic E-state index is 12.0. The summed E-state index contributed by atoms with van der Waals surface area (Å²) in [5.74, 6) is -1.39. The number of ketones is 1. The minimum Gasteiger partial charge on any atom is -0.462 e. The Morgan fingerprint density at radius 2 is 1.73 bits per heavy atom. The molecule has 0 N–H and O–H groups in total. The lowest BCUT2D eigenvalue weighted by molar-refractivity contribution is -0.155. The summed E-state index contributed by atoms with van der Waals surface area (Å²) in [6.45, 7) is 4.94. The molecule has 0 bridgehead atoms. The molecule has 0 saturated heterocycles. The van der Waals surface area contributed by atoms with Crippen LogP contribution in [0.1, 0.15) is 45.3 Å². The van der Waals surface area contributed by atoms with Gasteiger partial charge in [-0.05, 0) is 51.3 Å². The molecule has 0 fully saturated rings. The molecule has 0 radical (unpaired) electrons. The first-order valence-corrected chi connectivity index (χ1v) is 7.72. The van der Waals surface area contributed by atoms with E-state index in [0.29, 0.717) is 17.9 Å². The third-order valence-electron chi connectivity index (χ3n) is 3.37. The van der Waals surface area contributed by atoms with E-state index in [-0.39, 0.29) is 18.0 Å². The van der Waals surface area contributed by atoms with Gasteiger partial charge in [-0.15, -0.1) is 0 Å². The quantitative estimate of drug-likeness (QED) is 0.536. The molecule has 5 heteroatoms. The highest BCUT2D eigenvalue weighted by molar-refractivity contribution is 6.30. The molecule has 0 amide bonds. The van der Waals surface area contributed by atoms with Crippen LogP contribution in [0.25, 0.3) is 0 Å². The number of benzene rings is 1. The van der Waals surface area contributed by atoms with Crippen LogP contribution in [0.2, 0.25) is 5.02 Å². The highest BCUT2D eigenvalue weighted by Crippen LogP contribution is 2.26. The summed E-state index contributed by atoms with van der Waals surface area (Å²) in [6, 6.07) is 7.34. The summed E-state index contributed by atoms with van der Waals surface area (Å²) in [7, 11) is 1.61. The highest BCUT2D eigenvalue weighted by Gasteiger charge is 2.27. The van der Waals surface area contributed by atoms with Crippen molar-refractivity contribution in [2.45, 2.75) is 45.8 Å². The molecular weight excluding hydrogens is 304 g/mol. The SMILES string of the molecule is COC(CCC(C(C)=O)C(=O)OC(C)C)c1ccc(Cl)cc1. The largest absolute Gasteiger partial charge is 0.462 e. The van der Waals surface area contributed by atoms with Crippen molar-refractivity contribution < 1.29 is 19.1 Å². The van der Waals surface area contributed by atoms with Gasteiger partial charge in [0, 0.05) is 12.1 Å². The predicted octanol–water partition coefficient (Wildman–Crippen LogP) is 3.96. The average molecular weight is 327 g/mol. The van der Waals surface area contributed by atoms with Gasteiger partial charge < -0.3 is 9.47 Å². The monoisotopic (exact) mass is 326 g/mol. The van der Waals surface area contributed by atoms with Gasteiger partial charge in [-0.3, -0.25) is 9.59 Å². The zero-order valence-corrected chi connectivity index (χ0v) is 14.2. The summed E-state index contributed by atoms with van der Waals surface area (Å²) in [5.41, 5.74) is 0.964. The van der Waals surface area contributed by atoms with Crippen LogP contribution in [-0.2, 0) is 19.1 Å². The van der Waals surface area contributed by atoms with E-state index >= 15 is 0 Å². The molecule has 1 aromatic carbocycles. The fourth-order valence-corrected chi connectivity index (χ4v) is 2.34. The third-order valence-corrected chi connectivity index (χ3v) is 3.62. The molecule has 0 saturated carbocycles. The van der Waals surface area contributed by atoms with Crippen LogP contribution in [0.15, 0.2) is 24.3 Å². The number of rotatable bonds is 8. The lowest BCUT2D eigenvalue weighted by Crippen LogP contribution is -2.27. The van der Waals surface area contributed by atoms with Gasteiger partial charge in [0.1, 0.15) is 11.7 Å². The van der Waals surface area contributed by atoms with Crippen LogP contribution in [0.3, 0.4) is 0 Å². The number of Topliss-reactive ketones (excluding diaryl/α,β-unsaturated/α-hetero) is 1. The second-order valence-corrected chi connectivity index (χ2v) is 5.94. The fourth-order valence-electron chi connectivity index (χ4n) is 2.22. The molecule has 2 atom stereocenters. The molecular formula is C17H23ClO4. The second kappa shape index (κ2) is 8.91. The smallest absolute Gasteiger partial charge is 0.316 e. The topological polar surface area (TPSA) is 52.6 Å². The number of hydrogen-bond donors (Lipinski definition) is 0. The summed E-state index contributed by atoms with van der Waals surface area (Å²) >= 11 is 5.87. The second-order valence-electron chi connectivity index (χ2n) is 5.50. The van der Waals surface area contributed by atoms with Crippen LogP contribution in [0.4, 0.5) is 0 Å².